The summed E-state index contributed by atoms with van der Waals surface area (Å²) >= 11 is 0. The van der Waals surface area contributed by atoms with E-state index in [9.17, 15) is 0 Å². The second-order valence-electron chi connectivity index (χ2n) is 7.15. The molecule has 1 aromatic heterocycles. The minimum atomic E-state index is 0. The molecule has 0 atom stereocenters. The van der Waals surface area contributed by atoms with Crippen LogP contribution in [0.15, 0.2) is 115 Å². The summed E-state index contributed by atoms with van der Waals surface area (Å²) in [7, 11) is 0. The molecule has 1 heterocycles. The molecule has 0 aliphatic heterocycles. The van der Waals surface area contributed by atoms with Gasteiger partial charge >= 0.3 is 0 Å². The van der Waals surface area contributed by atoms with Gasteiger partial charge in [-0.15, -0.1) is 42.0 Å². The van der Waals surface area contributed by atoms with Crippen LogP contribution in [0.5, 0.6) is 0 Å². The predicted molar refractivity (Wildman–Crippen MR) is 132 cm³/mol. The van der Waals surface area contributed by atoms with Crippen molar-refractivity contribution in [1.29, 1.82) is 0 Å². The van der Waals surface area contributed by atoms with Crippen molar-refractivity contribution in [3.8, 4) is 22.3 Å². The summed E-state index contributed by atoms with van der Waals surface area (Å²) in [5, 5.41) is 1.15. The average molecular weight is 590 g/mol. The van der Waals surface area contributed by atoms with Crippen LogP contribution in [0.1, 0.15) is 11.3 Å². The van der Waals surface area contributed by atoms with Gasteiger partial charge in [-0.2, -0.15) is 0 Å². The summed E-state index contributed by atoms with van der Waals surface area (Å²) in [6.45, 7) is 0. The summed E-state index contributed by atoms with van der Waals surface area (Å²) in [4.78, 5) is 5.03. The number of benzene rings is 4. The third-order valence-corrected chi connectivity index (χ3v) is 5.19. The number of hydrogen-bond donors (Lipinski definition) is 0. The quantitative estimate of drug-likeness (QED) is 0.194. The van der Waals surface area contributed by atoms with Crippen LogP contribution in [0, 0.1) is 13.5 Å². The van der Waals surface area contributed by atoms with Crippen molar-refractivity contribution in [2.24, 2.45) is 0 Å². The molecule has 4 aromatic carbocycles. The van der Waals surface area contributed by atoms with Gasteiger partial charge in [-0.1, -0.05) is 84.9 Å². The van der Waals surface area contributed by atoms with Gasteiger partial charge in [0.25, 0.3) is 0 Å². The fourth-order valence-corrected chi connectivity index (χ4v) is 3.82. The molecule has 0 aliphatic rings. The number of fused-ring (bicyclic) bond motifs is 1. The van der Waals surface area contributed by atoms with Gasteiger partial charge in [0.05, 0.1) is 5.52 Å². The third kappa shape index (κ3) is 4.78. The van der Waals surface area contributed by atoms with E-state index in [2.05, 4.69) is 91.0 Å². The Morgan fingerprint density at radius 1 is 0.562 bits per heavy atom. The van der Waals surface area contributed by atoms with E-state index in [0.29, 0.717) is 0 Å². The predicted octanol–water partition coefficient (Wildman–Crippen LogP) is 7.88. The van der Waals surface area contributed by atoms with Crippen molar-refractivity contribution in [2.75, 3.05) is 0 Å². The van der Waals surface area contributed by atoms with E-state index in [-0.39, 0.29) is 27.5 Å². The Hall–Kier alpha value is -3.32. The van der Waals surface area contributed by atoms with E-state index < -0.39 is 0 Å². The standard InChI is InChI=1S/C29H20N.CH3.Ir/c1-4-12-22(13-5-1)20-21-27-29(24-16-8-3-9-17-24)28(23-14-6-2-7-15-23)25-18-10-11-19-26(25)30-27;;/h1-19,21H;1H3;/q2*-1;. The summed E-state index contributed by atoms with van der Waals surface area (Å²) < 4.78 is 0. The van der Waals surface area contributed by atoms with E-state index in [0.717, 1.165) is 33.3 Å². The zero-order chi connectivity index (χ0) is 20.2. The molecular formula is C30H23IrN-2. The summed E-state index contributed by atoms with van der Waals surface area (Å²) in [6, 6.07) is 39.6. The molecule has 0 fully saturated rings. The first-order valence-corrected chi connectivity index (χ1v) is 10.1. The van der Waals surface area contributed by atoms with E-state index in [1.165, 1.54) is 11.1 Å². The monoisotopic (exact) mass is 590 g/mol. The maximum atomic E-state index is 5.03. The molecule has 0 bridgehead atoms. The van der Waals surface area contributed by atoms with Crippen molar-refractivity contribution in [3.63, 3.8) is 0 Å². The number of rotatable bonds is 4. The Bertz CT molecular complexity index is 1310. The molecular weight excluding hydrogens is 567 g/mol. The van der Waals surface area contributed by atoms with Crippen LogP contribution in [0.2, 0.25) is 0 Å². The van der Waals surface area contributed by atoms with Crippen LogP contribution in [0.3, 0.4) is 0 Å². The van der Waals surface area contributed by atoms with E-state index in [1.54, 1.807) is 0 Å². The molecule has 0 unspecified atom stereocenters. The van der Waals surface area contributed by atoms with Crippen LogP contribution in [-0.2, 0) is 20.1 Å². The number of pyridine rings is 1. The van der Waals surface area contributed by atoms with Gasteiger partial charge in [0.15, 0.2) is 0 Å². The molecule has 2 heteroatoms. The van der Waals surface area contributed by atoms with Crippen LogP contribution < -0.4 is 0 Å². The minimum Gasteiger partial charge on any atom is -0.358 e. The Morgan fingerprint density at radius 3 is 1.69 bits per heavy atom. The first kappa shape index (κ1) is 23.3. The minimum absolute atomic E-state index is 0. The number of hydrogen-bond acceptors (Lipinski definition) is 1. The van der Waals surface area contributed by atoms with Gasteiger partial charge in [0.1, 0.15) is 0 Å². The summed E-state index contributed by atoms with van der Waals surface area (Å²) in [5.74, 6) is 0. The topological polar surface area (TPSA) is 12.9 Å². The van der Waals surface area contributed by atoms with Crippen molar-refractivity contribution in [3.05, 3.63) is 140 Å². The van der Waals surface area contributed by atoms with E-state index >= 15 is 0 Å². The number of nitrogens with zero attached hydrogens (tertiary/aromatic N) is 1. The van der Waals surface area contributed by atoms with Gasteiger partial charge in [-0.05, 0) is 34.0 Å². The molecule has 32 heavy (non-hydrogen) atoms. The number of aromatic nitrogens is 1. The average Bonchev–Trinajstić information content (AvgIpc) is 2.83. The summed E-state index contributed by atoms with van der Waals surface area (Å²) in [5.41, 5.74) is 7.60. The Labute approximate surface area is 203 Å². The van der Waals surface area contributed by atoms with E-state index in [1.807, 2.05) is 36.4 Å². The van der Waals surface area contributed by atoms with Crippen molar-refractivity contribution < 1.29 is 20.1 Å². The molecule has 0 saturated heterocycles. The third-order valence-electron chi connectivity index (χ3n) is 5.19. The van der Waals surface area contributed by atoms with Crippen molar-refractivity contribution in [1.82, 2.24) is 4.98 Å². The molecule has 5 rings (SSSR count). The normalized spacial score (nSPS) is 10.5. The maximum Gasteiger partial charge on any atom is 0.0602 e. The largest absolute Gasteiger partial charge is 0.358 e. The van der Waals surface area contributed by atoms with Crippen LogP contribution in [-0.4, -0.2) is 4.98 Å². The van der Waals surface area contributed by atoms with Crippen molar-refractivity contribution >= 4 is 17.0 Å². The van der Waals surface area contributed by atoms with Gasteiger partial charge in [0, 0.05) is 25.5 Å². The molecule has 159 valence electrons. The van der Waals surface area contributed by atoms with Gasteiger partial charge in [0.2, 0.25) is 0 Å². The smallest absolute Gasteiger partial charge is 0.0602 e. The summed E-state index contributed by atoms with van der Waals surface area (Å²) in [6.07, 6.45) is 5.44. The Kier molecular flexibility index (Phi) is 7.89. The first-order chi connectivity index (χ1) is 14.9. The molecule has 5 aromatic rings. The fourth-order valence-electron chi connectivity index (χ4n) is 3.82. The van der Waals surface area contributed by atoms with Gasteiger partial charge in [-0.3, -0.25) is 4.98 Å². The Morgan fingerprint density at radius 2 is 1.06 bits per heavy atom. The molecule has 0 saturated carbocycles. The molecule has 1 nitrogen and oxygen atoms in total. The molecule has 1 radical (unpaired) electrons. The molecule has 0 spiro atoms. The van der Waals surface area contributed by atoms with Crippen LogP contribution in [0.25, 0.3) is 39.2 Å². The molecule has 0 amide bonds. The zero-order valence-corrected chi connectivity index (χ0v) is 20.2. The van der Waals surface area contributed by atoms with Gasteiger partial charge in [-0.25, -0.2) is 0 Å². The second-order valence-corrected chi connectivity index (χ2v) is 7.15. The second kappa shape index (κ2) is 10.8. The van der Waals surface area contributed by atoms with Gasteiger partial charge < -0.3 is 7.43 Å². The molecule has 0 aliphatic carbocycles. The van der Waals surface area contributed by atoms with Crippen LogP contribution >= 0.6 is 0 Å². The fraction of sp³-hybridized carbons (Fsp3) is 0. The first-order valence-electron chi connectivity index (χ1n) is 10.1. The SMILES string of the molecule is [C-](=Cc1nc2ccccc2c(-c2ccccc2)c1-c1ccccc1)c1ccccc1.[CH3-].[Ir]. The molecule has 0 N–H and O–H groups in total. The Balaban J connectivity index is 0.00000144. The number of para-hydroxylation sites is 1. The van der Waals surface area contributed by atoms with E-state index in [4.69, 9.17) is 4.98 Å². The zero-order valence-electron chi connectivity index (χ0n) is 17.8. The van der Waals surface area contributed by atoms with Crippen LogP contribution in [0.4, 0.5) is 0 Å². The maximum absolute atomic E-state index is 5.03. The van der Waals surface area contributed by atoms with Crippen molar-refractivity contribution in [2.45, 2.75) is 0 Å².